The van der Waals surface area contributed by atoms with Crippen molar-refractivity contribution in [3.8, 4) is 5.75 Å². The molecule has 0 unspecified atom stereocenters. The van der Waals surface area contributed by atoms with Crippen LogP contribution in [0.4, 0.5) is 0 Å². The Hall–Kier alpha value is -3.03. The zero-order valence-electron chi connectivity index (χ0n) is 20.2. The summed E-state index contributed by atoms with van der Waals surface area (Å²) >= 11 is 6.16. The molecule has 1 aliphatic rings. The molecule has 0 aromatic heterocycles. The molecule has 0 spiro atoms. The first-order chi connectivity index (χ1) is 16.5. The molecule has 0 amide bonds. The number of halogens is 1. The first kappa shape index (κ1) is 24.1. The van der Waals surface area contributed by atoms with E-state index in [0.29, 0.717) is 5.02 Å². The summed E-state index contributed by atoms with van der Waals surface area (Å²) < 4.78 is 0. The Bertz CT molecular complexity index is 1240. The van der Waals surface area contributed by atoms with Crippen molar-refractivity contribution in [1.29, 1.82) is 0 Å². The molecule has 3 aromatic carbocycles. The molecule has 0 heterocycles. The maximum Gasteiger partial charge on any atom is 0.124 e. The average Bonchev–Trinajstić information content (AvgIpc) is 3.03. The highest BCUT2D eigenvalue weighted by Crippen LogP contribution is 2.43. The fourth-order valence-electron chi connectivity index (χ4n) is 4.95. The molecule has 1 nitrogen and oxygen atoms in total. The van der Waals surface area contributed by atoms with Crippen LogP contribution in [0.2, 0.25) is 5.02 Å². The van der Waals surface area contributed by atoms with Gasteiger partial charge in [-0.1, -0.05) is 98.6 Å². The van der Waals surface area contributed by atoms with Gasteiger partial charge in [0.05, 0.1) is 0 Å². The molecular weight excluding hydrogens is 436 g/mol. The van der Waals surface area contributed by atoms with Crippen LogP contribution < -0.4 is 0 Å². The van der Waals surface area contributed by atoms with Gasteiger partial charge >= 0.3 is 0 Å². The molecule has 174 valence electrons. The zero-order valence-corrected chi connectivity index (χ0v) is 21.0. The highest BCUT2D eigenvalue weighted by molar-refractivity contribution is 6.30. The number of benzene rings is 3. The molecular formula is C32H33ClO. The van der Waals surface area contributed by atoms with E-state index >= 15 is 0 Å². The molecule has 2 heteroatoms. The zero-order chi connectivity index (χ0) is 24.1. The minimum absolute atomic E-state index is 0.234. The Morgan fingerprint density at radius 1 is 0.941 bits per heavy atom. The molecule has 0 aliphatic heterocycles. The smallest absolute Gasteiger partial charge is 0.124 e. The van der Waals surface area contributed by atoms with Gasteiger partial charge in [0, 0.05) is 10.6 Å². The lowest BCUT2D eigenvalue weighted by atomic mass is 9.86. The Labute approximate surface area is 209 Å². The van der Waals surface area contributed by atoms with Crippen LogP contribution in [0, 0.1) is 0 Å². The van der Waals surface area contributed by atoms with E-state index in [0.717, 1.165) is 43.2 Å². The van der Waals surface area contributed by atoms with E-state index in [1.807, 2.05) is 18.2 Å². The van der Waals surface area contributed by atoms with Crippen LogP contribution >= 0.6 is 11.6 Å². The van der Waals surface area contributed by atoms with Gasteiger partial charge in [0.15, 0.2) is 0 Å². The summed E-state index contributed by atoms with van der Waals surface area (Å²) in [7, 11) is 0. The van der Waals surface area contributed by atoms with Crippen LogP contribution in [0.3, 0.4) is 0 Å². The summed E-state index contributed by atoms with van der Waals surface area (Å²) in [4.78, 5) is 0. The Morgan fingerprint density at radius 3 is 2.35 bits per heavy atom. The molecule has 0 saturated heterocycles. The number of allylic oxidation sites excluding steroid dienone is 2. The summed E-state index contributed by atoms with van der Waals surface area (Å²) in [5.74, 6) is 0.234. The predicted octanol–water partition coefficient (Wildman–Crippen LogP) is 9.58. The summed E-state index contributed by atoms with van der Waals surface area (Å²) in [5, 5.41) is 11.4. The summed E-state index contributed by atoms with van der Waals surface area (Å²) in [6.45, 7) is 8.41. The van der Waals surface area contributed by atoms with Crippen molar-refractivity contribution in [1.82, 2.24) is 0 Å². The first-order valence-corrected chi connectivity index (χ1v) is 12.7. The van der Waals surface area contributed by atoms with Gasteiger partial charge < -0.3 is 5.11 Å². The van der Waals surface area contributed by atoms with Crippen molar-refractivity contribution in [2.24, 2.45) is 0 Å². The lowest BCUT2D eigenvalue weighted by Gasteiger charge is -2.18. The van der Waals surface area contributed by atoms with Crippen molar-refractivity contribution in [3.63, 3.8) is 0 Å². The normalized spacial score (nSPS) is 14.0. The minimum Gasteiger partial charge on any atom is -0.507 e. The number of phenolic OH excluding ortho intramolecular Hbond substituents is 1. The van der Waals surface area contributed by atoms with Gasteiger partial charge in [0.25, 0.3) is 0 Å². The Kier molecular flexibility index (Phi) is 7.75. The molecule has 1 aliphatic carbocycles. The van der Waals surface area contributed by atoms with Gasteiger partial charge in [-0.2, -0.15) is 0 Å². The van der Waals surface area contributed by atoms with Crippen molar-refractivity contribution in [2.75, 3.05) is 0 Å². The van der Waals surface area contributed by atoms with Crippen LogP contribution in [0.1, 0.15) is 79.3 Å². The van der Waals surface area contributed by atoms with Gasteiger partial charge in [-0.3, -0.25) is 0 Å². The second-order valence-electron chi connectivity index (χ2n) is 9.02. The largest absolute Gasteiger partial charge is 0.507 e. The molecule has 3 aromatic rings. The third-order valence-corrected chi connectivity index (χ3v) is 6.92. The van der Waals surface area contributed by atoms with Gasteiger partial charge in [-0.05, 0) is 89.3 Å². The highest BCUT2D eigenvalue weighted by atomic mass is 35.5. The van der Waals surface area contributed by atoms with Crippen LogP contribution in [0.5, 0.6) is 5.75 Å². The molecule has 0 bridgehead atoms. The van der Waals surface area contributed by atoms with E-state index in [1.165, 1.54) is 45.4 Å². The SMILES string of the molecule is C=Cc1ccc2c(c1)CCCC(c1ccc(Cl)cc1O)=C2c1ccc(/C=C(\CC)CCC)cc1. The second-order valence-corrected chi connectivity index (χ2v) is 9.45. The standard InChI is InChI=1S/C32H33ClO/c1-4-8-22(5-2)19-24-11-14-25(15-12-24)32-28-17-13-23(6-3)20-26(28)9-7-10-30(32)29-18-16-27(33)21-31(29)34/h6,11-21,34H,3-5,7-10H2,1-2H3/b22-19+. The topological polar surface area (TPSA) is 20.2 Å². The van der Waals surface area contributed by atoms with Crippen molar-refractivity contribution < 1.29 is 5.11 Å². The fraction of sp³-hybridized carbons (Fsp3) is 0.250. The van der Waals surface area contributed by atoms with Crippen LogP contribution in [-0.4, -0.2) is 5.11 Å². The van der Waals surface area contributed by atoms with Crippen LogP contribution in [0.25, 0.3) is 23.3 Å². The first-order valence-electron chi connectivity index (χ1n) is 12.3. The number of hydrogen-bond acceptors (Lipinski definition) is 1. The van der Waals surface area contributed by atoms with E-state index < -0.39 is 0 Å². The predicted molar refractivity (Wildman–Crippen MR) is 148 cm³/mol. The van der Waals surface area contributed by atoms with Gasteiger partial charge in [0.2, 0.25) is 0 Å². The maximum absolute atomic E-state index is 10.8. The van der Waals surface area contributed by atoms with E-state index in [4.69, 9.17) is 11.6 Å². The molecule has 1 N–H and O–H groups in total. The lowest BCUT2D eigenvalue weighted by Crippen LogP contribution is -1.97. The van der Waals surface area contributed by atoms with E-state index in [9.17, 15) is 5.11 Å². The van der Waals surface area contributed by atoms with Gasteiger partial charge in [-0.25, -0.2) is 0 Å². The number of aromatic hydroxyl groups is 1. The maximum atomic E-state index is 10.8. The van der Waals surface area contributed by atoms with E-state index in [2.05, 4.69) is 69.0 Å². The second kappa shape index (κ2) is 10.9. The third-order valence-electron chi connectivity index (χ3n) is 6.69. The number of phenols is 1. The van der Waals surface area contributed by atoms with Crippen molar-refractivity contribution in [3.05, 3.63) is 111 Å². The van der Waals surface area contributed by atoms with E-state index in [1.54, 1.807) is 6.07 Å². The molecule has 0 saturated carbocycles. The van der Waals surface area contributed by atoms with Gasteiger partial charge in [0.1, 0.15) is 5.75 Å². The molecule has 0 atom stereocenters. The number of rotatable bonds is 7. The fourth-order valence-corrected chi connectivity index (χ4v) is 5.11. The molecule has 0 fully saturated rings. The van der Waals surface area contributed by atoms with Crippen LogP contribution in [-0.2, 0) is 6.42 Å². The van der Waals surface area contributed by atoms with Crippen molar-refractivity contribution in [2.45, 2.75) is 52.4 Å². The Morgan fingerprint density at radius 2 is 1.68 bits per heavy atom. The number of fused-ring (bicyclic) bond motifs is 1. The lowest BCUT2D eigenvalue weighted by molar-refractivity contribution is 0.473. The minimum atomic E-state index is 0.234. The molecule has 34 heavy (non-hydrogen) atoms. The van der Waals surface area contributed by atoms with Crippen molar-refractivity contribution >= 4 is 34.9 Å². The monoisotopic (exact) mass is 468 g/mol. The quantitative estimate of drug-likeness (QED) is 0.366. The summed E-state index contributed by atoms with van der Waals surface area (Å²) in [6.07, 6.45) is 10.5. The number of aryl methyl sites for hydroxylation is 1. The number of hydrogen-bond donors (Lipinski definition) is 1. The van der Waals surface area contributed by atoms with Crippen LogP contribution in [0.15, 0.2) is 72.8 Å². The molecule has 0 radical (unpaired) electrons. The van der Waals surface area contributed by atoms with Gasteiger partial charge in [-0.15, -0.1) is 0 Å². The average molecular weight is 469 g/mol. The molecule has 4 rings (SSSR count). The highest BCUT2D eigenvalue weighted by Gasteiger charge is 2.22. The summed E-state index contributed by atoms with van der Waals surface area (Å²) in [6, 6.07) is 20.9. The summed E-state index contributed by atoms with van der Waals surface area (Å²) in [5.41, 5.74) is 10.8. The third kappa shape index (κ3) is 5.21. The van der Waals surface area contributed by atoms with E-state index in [-0.39, 0.29) is 5.75 Å². The Balaban J connectivity index is 1.90.